The van der Waals surface area contributed by atoms with Crippen LogP contribution in [0.2, 0.25) is 0 Å². The summed E-state index contributed by atoms with van der Waals surface area (Å²) in [6.07, 6.45) is 0. The monoisotopic (exact) mass is 280 g/mol. The molecule has 0 saturated carbocycles. The minimum Gasteiger partial charge on any atom is -0.163 e. The number of aromatic nitrogens is 4. The van der Waals surface area contributed by atoms with Crippen LogP contribution in [0, 0.1) is 0 Å². The second kappa shape index (κ2) is 4.15. The Labute approximate surface area is 85.9 Å². The molecule has 1 rings (SSSR count). The summed E-state index contributed by atoms with van der Waals surface area (Å²) in [5.41, 5.74) is 0. The second-order valence-electron chi connectivity index (χ2n) is 3.14. The fraction of sp³-hybridized carbons (Fsp3) is 0.857. The van der Waals surface area contributed by atoms with Crippen LogP contribution in [0.4, 0.5) is 0 Å². The number of nitrogens with zero attached hydrogens (tertiary/aromatic N) is 4. The molecule has 0 aliphatic rings. The number of hydrogen-bond acceptors (Lipinski definition) is 3. The average molecular weight is 280 g/mol. The minimum atomic E-state index is 0.364. The number of tetrazole rings is 1. The molecule has 1 atom stereocenters. The fourth-order valence-electron chi connectivity index (χ4n) is 0.789. The predicted molar refractivity (Wildman–Crippen MR) is 55.4 cm³/mol. The molecule has 0 saturated heterocycles. The summed E-state index contributed by atoms with van der Waals surface area (Å²) >= 11 is 2.34. The summed E-state index contributed by atoms with van der Waals surface area (Å²) in [5.74, 6) is 1.19. The van der Waals surface area contributed by atoms with Crippen molar-refractivity contribution < 1.29 is 0 Å². The van der Waals surface area contributed by atoms with E-state index in [2.05, 4.69) is 58.8 Å². The molecular weight excluding hydrogens is 267 g/mol. The zero-order chi connectivity index (χ0) is 9.14. The predicted octanol–water partition coefficient (Wildman–Crippen LogP) is 1.62. The third-order valence-electron chi connectivity index (χ3n) is 1.40. The minimum absolute atomic E-state index is 0.364. The highest BCUT2D eigenvalue weighted by Gasteiger charge is 2.07. The van der Waals surface area contributed by atoms with Crippen molar-refractivity contribution in [1.82, 2.24) is 20.2 Å². The first-order chi connectivity index (χ1) is 5.59. The summed E-state index contributed by atoms with van der Waals surface area (Å²) < 4.78 is 0.539. The van der Waals surface area contributed by atoms with Gasteiger partial charge in [0.2, 0.25) is 0 Å². The molecule has 0 bridgehead atoms. The lowest BCUT2D eigenvalue weighted by Gasteiger charge is -1.99. The smallest absolute Gasteiger partial charge is 0.163 e. The quantitative estimate of drug-likeness (QED) is 0.624. The van der Waals surface area contributed by atoms with Crippen LogP contribution < -0.4 is 0 Å². The zero-order valence-electron chi connectivity index (χ0n) is 7.53. The maximum Gasteiger partial charge on any atom is 0.177 e. The Morgan fingerprint density at radius 1 is 1.42 bits per heavy atom. The van der Waals surface area contributed by atoms with E-state index in [1.807, 2.05) is 0 Å². The van der Waals surface area contributed by atoms with Crippen LogP contribution in [0.1, 0.15) is 32.5 Å². The molecule has 1 unspecified atom stereocenters. The van der Waals surface area contributed by atoms with Gasteiger partial charge in [-0.15, -0.1) is 10.2 Å². The first-order valence-electron chi connectivity index (χ1n) is 4.01. The van der Waals surface area contributed by atoms with E-state index < -0.39 is 0 Å². The van der Waals surface area contributed by atoms with Gasteiger partial charge in [0.1, 0.15) is 0 Å². The van der Waals surface area contributed by atoms with Crippen molar-refractivity contribution in [1.29, 1.82) is 0 Å². The highest BCUT2D eigenvalue weighted by molar-refractivity contribution is 14.1. The van der Waals surface area contributed by atoms with Crippen molar-refractivity contribution in [2.75, 3.05) is 0 Å². The first-order valence-corrected chi connectivity index (χ1v) is 5.26. The third-order valence-corrected chi connectivity index (χ3v) is 1.79. The van der Waals surface area contributed by atoms with E-state index >= 15 is 0 Å². The van der Waals surface area contributed by atoms with E-state index in [0.29, 0.717) is 9.84 Å². The number of halogens is 1. The Kier molecular flexibility index (Phi) is 3.42. The van der Waals surface area contributed by atoms with Crippen LogP contribution in [0.15, 0.2) is 0 Å². The third kappa shape index (κ3) is 2.69. The van der Waals surface area contributed by atoms with Gasteiger partial charge in [0.25, 0.3) is 0 Å². The Hall–Kier alpha value is -0.200. The molecule has 0 aliphatic carbocycles. The van der Waals surface area contributed by atoms with Gasteiger partial charge >= 0.3 is 0 Å². The molecular formula is C7H13IN4. The molecule has 5 heteroatoms. The van der Waals surface area contributed by atoms with Crippen molar-refractivity contribution in [2.24, 2.45) is 0 Å². The van der Waals surface area contributed by atoms with Crippen molar-refractivity contribution >= 4 is 22.6 Å². The summed E-state index contributed by atoms with van der Waals surface area (Å²) in [4.78, 5) is 1.66. The number of hydrogen-bond donors (Lipinski definition) is 0. The molecule has 0 amide bonds. The van der Waals surface area contributed by atoms with Gasteiger partial charge in [0, 0.05) is 9.84 Å². The normalized spacial score (nSPS) is 13.8. The SMILES string of the molecule is CC(I)Cn1nnc(C(C)C)n1. The molecule has 1 heterocycles. The van der Waals surface area contributed by atoms with Crippen LogP contribution in [-0.2, 0) is 6.54 Å². The van der Waals surface area contributed by atoms with Crippen LogP contribution in [0.3, 0.4) is 0 Å². The lowest BCUT2D eigenvalue weighted by molar-refractivity contribution is 0.525. The standard InChI is InChI=1S/C7H13IN4/c1-5(2)7-9-11-12(10-7)4-6(3)8/h5-6H,4H2,1-3H3. The Morgan fingerprint density at radius 3 is 2.50 bits per heavy atom. The molecule has 4 nitrogen and oxygen atoms in total. The Balaban J connectivity index is 2.64. The van der Waals surface area contributed by atoms with Gasteiger partial charge in [-0.1, -0.05) is 43.4 Å². The van der Waals surface area contributed by atoms with Crippen molar-refractivity contribution in [3.8, 4) is 0 Å². The lowest BCUT2D eigenvalue weighted by Crippen LogP contribution is -2.09. The van der Waals surface area contributed by atoms with Gasteiger partial charge in [-0.05, 0) is 5.21 Å². The van der Waals surface area contributed by atoms with Crippen molar-refractivity contribution in [2.45, 2.75) is 37.2 Å². The summed E-state index contributed by atoms with van der Waals surface area (Å²) in [6, 6.07) is 0. The molecule has 0 radical (unpaired) electrons. The van der Waals surface area contributed by atoms with E-state index in [-0.39, 0.29) is 0 Å². The first kappa shape index (κ1) is 9.88. The van der Waals surface area contributed by atoms with Gasteiger partial charge in [0.05, 0.1) is 6.54 Å². The van der Waals surface area contributed by atoms with Gasteiger partial charge in [-0.25, -0.2) is 0 Å². The largest absolute Gasteiger partial charge is 0.177 e. The van der Waals surface area contributed by atoms with Gasteiger partial charge in [0.15, 0.2) is 5.82 Å². The molecule has 12 heavy (non-hydrogen) atoms. The van der Waals surface area contributed by atoms with E-state index in [0.717, 1.165) is 12.4 Å². The van der Waals surface area contributed by atoms with Crippen molar-refractivity contribution in [3.05, 3.63) is 5.82 Å². The van der Waals surface area contributed by atoms with Gasteiger partial charge < -0.3 is 0 Å². The van der Waals surface area contributed by atoms with Gasteiger partial charge in [-0.3, -0.25) is 0 Å². The molecule has 0 aromatic carbocycles. The Morgan fingerprint density at radius 2 is 2.08 bits per heavy atom. The molecule has 1 aromatic rings. The summed E-state index contributed by atoms with van der Waals surface area (Å²) in [7, 11) is 0. The van der Waals surface area contributed by atoms with E-state index in [1.54, 1.807) is 4.80 Å². The van der Waals surface area contributed by atoms with E-state index in [9.17, 15) is 0 Å². The lowest BCUT2D eigenvalue weighted by atomic mass is 10.2. The fourth-order valence-corrected chi connectivity index (χ4v) is 1.14. The average Bonchev–Trinajstić information content (AvgIpc) is 2.34. The highest BCUT2D eigenvalue weighted by Crippen LogP contribution is 2.06. The topological polar surface area (TPSA) is 43.6 Å². The van der Waals surface area contributed by atoms with Crippen LogP contribution in [-0.4, -0.2) is 24.1 Å². The van der Waals surface area contributed by atoms with Crippen LogP contribution in [0.5, 0.6) is 0 Å². The summed E-state index contributed by atoms with van der Waals surface area (Å²) in [5, 5.41) is 12.1. The maximum atomic E-state index is 4.24. The number of rotatable bonds is 3. The van der Waals surface area contributed by atoms with Crippen molar-refractivity contribution in [3.63, 3.8) is 0 Å². The summed E-state index contributed by atoms with van der Waals surface area (Å²) in [6.45, 7) is 7.09. The molecule has 0 N–H and O–H groups in total. The molecule has 68 valence electrons. The van der Waals surface area contributed by atoms with E-state index in [4.69, 9.17) is 0 Å². The van der Waals surface area contributed by atoms with Crippen LogP contribution >= 0.6 is 22.6 Å². The number of alkyl halides is 1. The maximum absolute atomic E-state index is 4.24. The molecule has 0 fully saturated rings. The molecule has 0 spiro atoms. The molecule has 0 aliphatic heterocycles. The highest BCUT2D eigenvalue weighted by atomic mass is 127. The zero-order valence-corrected chi connectivity index (χ0v) is 9.69. The molecule has 1 aromatic heterocycles. The Bertz CT molecular complexity index is 243. The van der Waals surface area contributed by atoms with Crippen LogP contribution in [0.25, 0.3) is 0 Å². The van der Waals surface area contributed by atoms with E-state index in [1.165, 1.54) is 0 Å². The second-order valence-corrected chi connectivity index (χ2v) is 5.26. The van der Waals surface area contributed by atoms with Gasteiger partial charge in [-0.2, -0.15) is 4.80 Å².